The van der Waals surface area contributed by atoms with Crippen molar-refractivity contribution in [2.24, 2.45) is 10.4 Å². The lowest BCUT2D eigenvalue weighted by atomic mass is 9.90. The van der Waals surface area contributed by atoms with Crippen LogP contribution in [0.15, 0.2) is 17.3 Å². The number of nitrogens with zero attached hydrogens (tertiary/aromatic N) is 1. The average Bonchev–Trinajstić information content (AvgIpc) is 1.95. The van der Waals surface area contributed by atoms with Crippen molar-refractivity contribution in [1.82, 2.24) is 0 Å². The first-order valence-corrected chi connectivity index (χ1v) is 4.60. The average molecular weight is 167 g/mol. The van der Waals surface area contributed by atoms with Crippen molar-refractivity contribution in [3.05, 3.63) is 12.3 Å². The molecule has 0 radical (unpaired) electrons. The lowest BCUT2D eigenvalue weighted by Crippen LogP contribution is -2.06. The first-order chi connectivity index (χ1) is 5.45. The minimum absolute atomic E-state index is 0.423. The van der Waals surface area contributed by atoms with E-state index in [-0.39, 0.29) is 0 Å². The van der Waals surface area contributed by atoms with Crippen LogP contribution in [0.5, 0.6) is 0 Å². The van der Waals surface area contributed by atoms with Gasteiger partial charge in [0.1, 0.15) is 0 Å². The fraction of sp³-hybridized carbons (Fsp3) is 0.727. The number of hydrogen-bond donors (Lipinski definition) is 0. The smallest absolute Gasteiger partial charge is 0.0224 e. The van der Waals surface area contributed by atoms with Crippen LogP contribution in [0.4, 0.5) is 0 Å². The molecule has 1 nitrogen and oxygen atoms in total. The van der Waals surface area contributed by atoms with Crippen molar-refractivity contribution in [1.29, 1.82) is 0 Å². The van der Waals surface area contributed by atoms with E-state index >= 15 is 0 Å². The van der Waals surface area contributed by atoms with Gasteiger partial charge in [-0.15, -0.1) is 0 Å². The molecule has 0 aliphatic carbocycles. The Labute approximate surface area is 76.6 Å². The first kappa shape index (κ1) is 11.4. The fourth-order valence-corrected chi connectivity index (χ4v) is 0.822. The molecule has 0 aliphatic rings. The first-order valence-electron chi connectivity index (χ1n) is 4.60. The molecule has 0 bridgehead atoms. The van der Waals surface area contributed by atoms with Gasteiger partial charge in [0.15, 0.2) is 0 Å². The zero-order chi connectivity index (χ0) is 9.61. The molecule has 1 heteroatoms. The predicted molar refractivity (Wildman–Crippen MR) is 56.6 cm³/mol. The molecule has 0 fully saturated rings. The maximum absolute atomic E-state index is 4.28. The van der Waals surface area contributed by atoms with E-state index in [9.17, 15) is 0 Å². The molecule has 0 heterocycles. The summed E-state index contributed by atoms with van der Waals surface area (Å²) in [6, 6.07) is 0. The summed E-state index contributed by atoms with van der Waals surface area (Å²) in [5, 5.41) is 0. The van der Waals surface area contributed by atoms with Crippen LogP contribution in [0.25, 0.3) is 0 Å². The van der Waals surface area contributed by atoms with Gasteiger partial charge < -0.3 is 0 Å². The van der Waals surface area contributed by atoms with Crippen molar-refractivity contribution in [3.63, 3.8) is 0 Å². The Bertz CT molecular complexity index is 170. The van der Waals surface area contributed by atoms with Gasteiger partial charge in [0.05, 0.1) is 0 Å². The molecule has 0 atom stereocenters. The Balaban J connectivity index is 3.79. The molecule has 0 rings (SSSR count). The van der Waals surface area contributed by atoms with Crippen molar-refractivity contribution >= 4 is 5.71 Å². The van der Waals surface area contributed by atoms with Gasteiger partial charge >= 0.3 is 0 Å². The quantitative estimate of drug-likeness (QED) is 0.567. The Morgan fingerprint density at radius 1 is 1.33 bits per heavy atom. The van der Waals surface area contributed by atoms with Gasteiger partial charge in [-0.3, -0.25) is 4.99 Å². The minimum Gasteiger partial charge on any atom is -0.266 e. The molecule has 0 aliphatic heterocycles. The fourth-order valence-electron chi connectivity index (χ4n) is 0.822. The summed E-state index contributed by atoms with van der Waals surface area (Å²) in [6.45, 7) is 10.9. The van der Waals surface area contributed by atoms with Gasteiger partial charge in [-0.05, 0) is 32.1 Å². The van der Waals surface area contributed by atoms with E-state index < -0.39 is 0 Å². The predicted octanol–water partition coefficient (Wildman–Crippen LogP) is 3.81. The van der Waals surface area contributed by atoms with E-state index in [1.54, 1.807) is 0 Å². The maximum atomic E-state index is 4.28. The third-order valence-corrected chi connectivity index (χ3v) is 1.68. The summed E-state index contributed by atoms with van der Waals surface area (Å²) in [5.41, 5.74) is 1.65. The summed E-state index contributed by atoms with van der Waals surface area (Å²) in [4.78, 5) is 4.28. The van der Waals surface area contributed by atoms with Crippen molar-refractivity contribution in [2.75, 3.05) is 0 Å². The van der Waals surface area contributed by atoms with Crippen LogP contribution in [0.2, 0.25) is 0 Å². The van der Waals surface area contributed by atoms with Crippen LogP contribution in [-0.2, 0) is 0 Å². The highest BCUT2D eigenvalue weighted by molar-refractivity contribution is 5.82. The zero-order valence-electron chi connectivity index (χ0n) is 9.02. The van der Waals surface area contributed by atoms with E-state index in [1.807, 2.05) is 19.2 Å². The molecule has 0 aromatic heterocycles. The molecule has 0 aromatic rings. The van der Waals surface area contributed by atoms with E-state index in [0.29, 0.717) is 5.41 Å². The Morgan fingerprint density at radius 2 is 1.92 bits per heavy atom. The van der Waals surface area contributed by atoms with Crippen LogP contribution >= 0.6 is 0 Å². The number of aliphatic imine (C=N–C) groups is 1. The largest absolute Gasteiger partial charge is 0.266 e. The number of hydrogen-bond acceptors (Lipinski definition) is 1. The standard InChI is InChI=1S/C11H21N/c1-6-9-12-10(2)7-8-11(3,4)5/h6,9H,7-8H2,1-5H3/b9-6-,12-10?. The summed E-state index contributed by atoms with van der Waals surface area (Å²) in [5.74, 6) is 0. The van der Waals surface area contributed by atoms with Crippen LogP contribution in [0.3, 0.4) is 0 Å². The topological polar surface area (TPSA) is 12.4 Å². The Hall–Kier alpha value is -0.590. The van der Waals surface area contributed by atoms with Gasteiger partial charge in [0.25, 0.3) is 0 Å². The monoisotopic (exact) mass is 167 g/mol. The highest BCUT2D eigenvalue weighted by Crippen LogP contribution is 2.20. The molecular weight excluding hydrogens is 146 g/mol. The molecule has 0 aromatic carbocycles. The normalized spacial score (nSPS) is 14.2. The lowest BCUT2D eigenvalue weighted by Gasteiger charge is -2.17. The van der Waals surface area contributed by atoms with Crippen molar-refractivity contribution < 1.29 is 0 Å². The maximum Gasteiger partial charge on any atom is 0.0224 e. The van der Waals surface area contributed by atoms with Gasteiger partial charge in [-0.1, -0.05) is 26.8 Å². The van der Waals surface area contributed by atoms with Crippen LogP contribution in [0, 0.1) is 5.41 Å². The van der Waals surface area contributed by atoms with Gasteiger partial charge in [-0.2, -0.15) is 0 Å². The zero-order valence-corrected chi connectivity index (χ0v) is 9.02. The number of rotatable bonds is 3. The molecular formula is C11H21N. The van der Waals surface area contributed by atoms with Crippen molar-refractivity contribution in [3.8, 4) is 0 Å². The van der Waals surface area contributed by atoms with E-state index in [1.165, 1.54) is 12.1 Å². The molecule has 70 valence electrons. The summed E-state index contributed by atoms with van der Waals surface area (Å²) >= 11 is 0. The second-order valence-corrected chi connectivity index (χ2v) is 4.41. The molecule has 0 saturated carbocycles. The van der Waals surface area contributed by atoms with E-state index in [2.05, 4.69) is 32.7 Å². The number of allylic oxidation sites excluding steroid dienone is 1. The van der Waals surface area contributed by atoms with Gasteiger partial charge in [-0.25, -0.2) is 0 Å². The van der Waals surface area contributed by atoms with Crippen LogP contribution in [-0.4, -0.2) is 5.71 Å². The van der Waals surface area contributed by atoms with Crippen molar-refractivity contribution in [2.45, 2.75) is 47.5 Å². The van der Waals surface area contributed by atoms with E-state index in [0.717, 1.165) is 6.42 Å². The minimum atomic E-state index is 0.423. The molecule has 0 saturated heterocycles. The lowest BCUT2D eigenvalue weighted by molar-refractivity contribution is 0.386. The third kappa shape index (κ3) is 7.52. The van der Waals surface area contributed by atoms with Crippen LogP contribution < -0.4 is 0 Å². The molecule has 0 unspecified atom stereocenters. The summed E-state index contributed by atoms with van der Waals surface area (Å²) in [6.07, 6.45) is 6.13. The van der Waals surface area contributed by atoms with Gasteiger partial charge in [0.2, 0.25) is 0 Å². The van der Waals surface area contributed by atoms with E-state index in [4.69, 9.17) is 0 Å². The Kier molecular flexibility index (Phi) is 4.87. The highest BCUT2D eigenvalue weighted by Gasteiger charge is 2.09. The SMILES string of the molecule is C/C=C\N=C(C)CCC(C)(C)C. The molecule has 0 amide bonds. The third-order valence-electron chi connectivity index (χ3n) is 1.68. The second kappa shape index (κ2) is 5.13. The highest BCUT2D eigenvalue weighted by atomic mass is 14.7. The molecule has 0 spiro atoms. The Morgan fingerprint density at radius 3 is 2.33 bits per heavy atom. The summed E-state index contributed by atoms with van der Waals surface area (Å²) in [7, 11) is 0. The van der Waals surface area contributed by atoms with Crippen LogP contribution in [0.1, 0.15) is 47.5 Å². The van der Waals surface area contributed by atoms with Gasteiger partial charge in [0, 0.05) is 11.9 Å². The second-order valence-electron chi connectivity index (χ2n) is 4.41. The molecule has 0 N–H and O–H groups in total. The summed E-state index contributed by atoms with van der Waals surface area (Å²) < 4.78 is 0. The molecule has 12 heavy (non-hydrogen) atoms.